The summed E-state index contributed by atoms with van der Waals surface area (Å²) in [5, 5.41) is 10.6. The number of fused-ring (bicyclic) bond motifs is 1. The number of amides is 3. The molecular formula is C39H51BrN4O4S. The van der Waals surface area contributed by atoms with Crippen LogP contribution >= 0.6 is 27.7 Å². The van der Waals surface area contributed by atoms with E-state index in [0.29, 0.717) is 25.9 Å². The zero-order chi connectivity index (χ0) is 35.5. The quantitative estimate of drug-likeness (QED) is 0.164. The molecule has 2 aromatic carbocycles. The SMILES string of the molecule is C=CCN(Cc1ccccc1)C(=O)[C@H]1[C@H]2C(=O)N([C@@H](CO)CC(C)C)C(C(=O)N(CC=C)c3ccc(N(CC)CC)cc3)C23CC(Br)[C@@H]1S3. The highest BCUT2D eigenvalue weighted by Gasteiger charge is 2.76. The zero-order valence-corrected chi connectivity index (χ0v) is 31.6. The van der Waals surface area contributed by atoms with E-state index in [2.05, 4.69) is 61.7 Å². The summed E-state index contributed by atoms with van der Waals surface area (Å²) in [6.45, 7) is 18.7. The summed E-state index contributed by atoms with van der Waals surface area (Å²) >= 11 is 5.54. The second-order valence-electron chi connectivity index (χ2n) is 13.8. The van der Waals surface area contributed by atoms with Crippen LogP contribution in [0.15, 0.2) is 79.9 Å². The molecule has 0 aromatic heterocycles. The van der Waals surface area contributed by atoms with E-state index in [1.807, 2.05) is 54.6 Å². The van der Waals surface area contributed by atoms with Gasteiger partial charge >= 0.3 is 0 Å². The number of hydrogen-bond donors (Lipinski definition) is 1. The van der Waals surface area contributed by atoms with Gasteiger partial charge < -0.3 is 24.7 Å². The highest BCUT2D eigenvalue weighted by Crippen LogP contribution is 2.68. The van der Waals surface area contributed by atoms with E-state index < -0.39 is 28.7 Å². The zero-order valence-electron chi connectivity index (χ0n) is 29.2. The first kappa shape index (κ1) is 37.2. The summed E-state index contributed by atoms with van der Waals surface area (Å²) in [5.74, 6) is -1.66. The van der Waals surface area contributed by atoms with Gasteiger partial charge in [-0.05, 0) is 62.4 Å². The van der Waals surface area contributed by atoms with Gasteiger partial charge in [0.1, 0.15) is 6.04 Å². The Morgan fingerprint density at radius 2 is 1.65 bits per heavy atom. The van der Waals surface area contributed by atoms with Crippen LogP contribution in [-0.2, 0) is 20.9 Å². The lowest BCUT2D eigenvalue weighted by atomic mass is 9.70. The monoisotopic (exact) mass is 750 g/mol. The maximum atomic E-state index is 15.2. The van der Waals surface area contributed by atoms with Gasteiger partial charge in [0.25, 0.3) is 5.91 Å². The lowest BCUT2D eigenvalue weighted by molar-refractivity contribution is -0.145. The smallest absolute Gasteiger partial charge is 0.251 e. The average molecular weight is 752 g/mol. The van der Waals surface area contributed by atoms with Gasteiger partial charge in [-0.15, -0.1) is 24.9 Å². The number of aliphatic hydroxyl groups excluding tert-OH is 1. The number of benzene rings is 2. The fourth-order valence-corrected chi connectivity index (χ4v) is 11.9. The number of likely N-dealkylation sites (tertiary alicyclic amines) is 1. The number of hydrogen-bond acceptors (Lipinski definition) is 6. The molecule has 3 aliphatic rings. The topological polar surface area (TPSA) is 84.4 Å². The summed E-state index contributed by atoms with van der Waals surface area (Å²) in [6.07, 6.45) is 4.54. The molecule has 10 heteroatoms. The molecule has 264 valence electrons. The van der Waals surface area contributed by atoms with Crippen molar-refractivity contribution >= 4 is 56.8 Å². The van der Waals surface area contributed by atoms with Crippen molar-refractivity contribution in [3.05, 3.63) is 85.5 Å². The summed E-state index contributed by atoms with van der Waals surface area (Å²) in [7, 11) is 0. The molecule has 2 bridgehead atoms. The van der Waals surface area contributed by atoms with Crippen LogP contribution in [-0.4, -0.2) is 92.3 Å². The second kappa shape index (κ2) is 15.9. The maximum absolute atomic E-state index is 15.2. The summed E-state index contributed by atoms with van der Waals surface area (Å²) < 4.78 is -0.842. The third-order valence-electron chi connectivity index (χ3n) is 10.3. The fourth-order valence-electron chi connectivity index (χ4n) is 8.28. The molecule has 3 amide bonds. The van der Waals surface area contributed by atoms with E-state index in [0.717, 1.165) is 30.0 Å². The first-order chi connectivity index (χ1) is 23.6. The van der Waals surface area contributed by atoms with Crippen molar-refractivity contribution in [3.8, 4) is 0 Å². The number of alkyl halides is 1. The standard InChI is InChI=1S/C39H51BrN4O4S/c1-7-20-42(24-27-14-12-11-13-15-27)36(46)32-33-37(47)44(30(25-45)22-26(5)6)35(39(33)23-31(40)34(32)49-39)38(48)43(21-8-2)29-18-16-28(17-19-29)41(9-3)10-4/h7-8,11-19,26,30-35,45H,1-2,9-10,20-25H2,3-6H3/t30-,31?,32+,33+,34+,35?,39?/m1/s1. The molecule has 7 atom stereocenters. The first-order valence-electron chi connectivity index (χ1n) is 17.5. The second-order valence-corrected chi connectivity index (χ2v) is 16.5. The Kier molecular flexibility index (Phi) is 12.0. The molecule has 1 N–H and O–H groups in total. The normalized spacial score (nSPS) is 26.1. The maximum Gasteiger partial charge on any atom is 0.251 e. The lowest BCUT2D eigenvalue weighted by Crippen LogP contribution is -2.58. The van der Waals surface area contributed by atoms with Gasteiger partial charge in [0, 0.05) is 54.2 Å². The molecule has 3 saturated heterocycles. The molecule has 0 radical (unpaired) electrons. The predicted octanol–water partition coefficient (Wildman–Crippen LogP) is 6.14. The highest BCUT2D eigenvalue weighted by molar-refractivity contribution is 9.09. The molecule has 3 unspecified atom stereocenters. The third kappa shape index (κ3) is 6.97. The van der Waals surface area contributed by atoms with Crippen LogP contribution in [0.5, 0.6) is 0 Å². The Bertz CT molecular complexity index is 1500. The van der Waals surface area contributed by atoms with E-state index in [-0.39, 0.29) is 46.9 Å². The number of aliphatic hydroxyl groups is 1. The Morgan fingerprint density at radius 3 is 2.22 bits per heavy atom. The minimum Gasteiger partial charge on any atom is -0.394 e. The predicted molar refractivity (Wildman–Crippen MR) is 204 cm³/mol. The van der Waals surface area contributed by atoms with Crippen LogP contribution in [0.3, 0.4) is 0 Å². The van der Waals surface area contributed by atoms with Crippen molar-refractivity contribution < 1.29 is 19.5 Å². The molecule has 8 nitrogen and oxygen atoms in total. The van der Waals surface area contributed by atoms with Gasteiger partial charge in [-0.3, -0.25) is 14.4 Å². The largest absolute Gasteiger partial charge is 0.394 e. The molecule has 3 heterocycles. The average Bonchev–Trinajstić information content (AvgIpc) is 3.69. The summed E-state index contributed by atoms with van der Waals surface area (Å²) in [5.41, 5.74) is 2.79. The van der Waals surface area contributed by atoms with Gasteiger partial charge in [-0.25, -0.2) is 0 Å². The number of carbonyl (C=O) groups is 3. The van der Waals surface area contributed by atoms with Crippen LogP contribution in [0.25, 0.3) is 0 Å². The van der Waals surface area contributed by atoms with Crippen molar-refractivity contribution in [2.45, 2.75) is 74.0 Å². The molecule has 2 aromatic rings. The number of anilines is 2. The van der Waals surface area contributed by atoms with Crippen molar-refractivity contribution in [2.75, 3.05) is 42.6 Å². The van der Waals surface area contributed by atoms with Crippen LogP contribution in [0.4, 0.5) is 11.4 Å². The summed E-state index contributed by atoms with van der Waals surface area (Å²) in [6, 6.07) is 16.4. The van der Waals surface area contributed by atoms with Crippen LogP contribution in [0.2, 0.25) is 0 Å². The fraction of sp³-hybridized carbons (Fsp3) is 0.513. The minimum atomic E-state index is -0.863. The Balaban J connectivity index is 1.58. The van der Waals surface area contributed by atoms with Crippen LogP contribution in [0, 0.1) is 17.8 Å². The number of nitrogens with zero attached hydrogens (tertiary/aromatic N) is 4. The van der Waals surface area contributed by atoms with Crippen molar-refractivity contribution in [3.63, 3.8) is 0 Å². The number of halogens is 1. The van der Waals surface area contributed by atoms with E-state index in [1.54, 1.807) is 38.6 Å². The molecular weight excluding hydrogens is 700 g/mol. The first-order valence-corrected chi connectivity index (χ1v) is 19.3. The number of carbonyl (C=O) groups excluding carboxylic acids is 3. The van der Waals surface area contributed by atoms with Gasteiger partial charge in [0.05, 0.1) is 29.2 Å². The number of rotatable bonds is 16. The summed E-state index contributed by atoms with van der Waals surface area (Å²) in [4.78, 5) is 52.1. The molecule has 3 fully saturated rings. The van der Waals surface area contributed by atoms with Gasteiger partial charge in [-0.1, -0.05) is 72.3 Å². The van der Waals surface area contributed by atoms with Gasteiger partial charge in [0.15, 0.2) is 0 Å². The molecule has 1 spiro atoms. The van der Waals surface area contributed by atoms with Gasteiger partial charge in [-0.2, -0.15) is 0 Å². The van der Waals surface area contributed by atoms with Crippen molar-refractivity contribution in [1.82, 2.24) is 9.80 Å². The number of thioether (sulfide) groups is 1. The van der Waals surface area contributed by atoms with Crippen molar-refractivity contribution in [1.29, 1.82) is 0 Å². The Morgan fingerprint density at radius 1 is 1.02 bits per heavy atom. The Labute approximate surface area is 304 Å². The van der Waals surface area contributed by atoms with Crippen LogP contribution < -0.4 is 9.80 Å². The third-order valence-corrected chi connectivity index (χ3v) is 13.6. The highest BCUT2D eigenvalue weighted by atomic mass is 79.9. The Hall–Kier alpha value is -3.08. The van der Waals surface area contributed by atoms with E-state index in [1.165, 1.54) is 0 Å². The van der Waals surface area contributed by atoms with Crippen molar-refractivity contribution in [2.24, 2.45) is 17.8 Å². The molecule has 5 rings (SSSR count). The van der Waals surface area contributed by atoms with E-state index in [9.17, 15) is 14.7 Å². The van der Waals surface area contributed by atoms with Gasteiger partial charge in [0.2, 0.25) is 11.8 Å². The minimum absolute atomic E-state index is 0.0630. The van der Waals surface area contributed by atoms with E-state index >= 15 is 4.79 Å². The molecule has 49 heavy (non-hydrogen) atoms. The van der Waals surface area contributed by atoms with E-state index in [4.69, 9.17) is 0 Å². The van der Waals surface area contributed by atoms with Crippen LogP contribution in [0.1, 0.15) is 46.1 Å². The molecule has 0 saturated carbocycles. The molecule has 0 aliphatic carbocycles. The lowest BCUT2D eigenvalue weighted by Gasteiger charge is -2.40. The molecule has 3 aliphatic heterocycles.